The zero-order valence-electron chi connectivity index (χ0n) is 12.1. The third-order valence-corrected chi connectivity index (χ3v) is 4.53. The maximum atomic E-state index is 13.5. The first-order valence-electron chi connectivity index (χ1n) is 6.85. The number of nitrogens with one attached hydrogen (secondary N) is 1. The highest BCUT2D eigenvalue weighted by Crippen LogP contribution is 2.31. The Balaban J connectivity index is 2.37. The minimum Gasteiger partial charge on any atom is -0.494 e. The molecule has 2 aromatic rings. The van der Waals surface area contributed by atoms with Gasteiger partial charge in [0.2, 0.25) is 0 Å². The van der Waals surface area contributed by atoms with Gasteiger partial charge < -0.3 is 10.1 Å². The molecule has 1 N–H and O–H groups in total. The molecule has 1 aromatic heterocycles. The van der Waals surface area contributed by atoms with Crippen LogP contribution in [0.4, 0.5) is 4.39 Å². The van der Waals surface area contributed by atoms with Gasteiger partial charge >= 0.3 is 0 Å². The highest BCUT2D eigenvalue weighted by atomic mass is 32.1. The van der Waals surface area contributed by atoms with E-state index in [4.69, 9.17) is 4.74 Å². The molecule has 0 saturated carbocycles. The lowest BCUT2D eigenvalue weighted by Crippen LogP contribution is -2.21. The van der Waals surface area contributed by atoms with Crippen molar-refractivity contribution < 1.29 is 9.13 Å². The van der Waals surface area contributed by atoms with E-state index in [1.165, 1.54) is 22.9 Å². The molecule has 108 valence electrons. The first-order chi connectivity index (χ1) is 9.69. The fourth-order valence-corrected chi connectivity index (χ4v) is 3.24. The highest BCUT2D eigenvalue weighted by Gasteiger charge is 2.17. The number of methoxy groups -OCH3 is 1. The average molecular weight is 293 g/mol. The second-order valence-corrected chi connectivity index (χ2v) is 5.74. The molecule has 0 aliphatic heterocycles. The molecule has 1 atom stereocenters. The summed E-state index contributed by atoms with van der Waals surface area (Å²) in [4.78, 5) is 2.61. The molecule has 0 amide bonds. The predicted molar refractivity (Wildman–Crippen MR) is 82.2 cm³/mol. The molecule has 0 spiro atoms. The van der Waals surface area contributed by atoms with Gasteiger partial charge in [-0.25, -0.2) is 4.39 Å². The van der Waals surface area contributed by atoms with Gasteiger partial charge in [0.15, 0.2) is 11.6 Å². The third kappa shape index (κ3) is 3.19. The van der Waals surface area contributed by atoms with Gasteiger partial charge in [0.1, 0.15) is 0 Å². The zero-order chi connectivity index (χ0) is 14.5. The summed E-state index contributed by atoms with van der Waals surface area (Å²) in [6.07, 6.45) is 1.04. The minimum atomic E-state index is -0.327. The van der Waals surface area contributed by atoms with Gasteiger partial charge in [0.25, 0.3) is 0 Å². The molecule has 1 heterocycles. The summed E-state index contributed by atoms with van der Waals surface area (Å²) in [5.41, 5.74) is 1.02. The summed E-state index contributed by atoms with van der Waals surface area (Å²) >= 11 is 1.80. The minimum absolute atomic E-state index is 0.0831. The van der Waals surface area contributed by atoms with E-state index in [0.29, 0.717) is 0 Å². The molecule has 20 heavy (non-hydrogen) atoms. The van der Waals surface area contributed by atoms with Crippen molar-refractivity contribution in [2.75, 3.05) is 13.7 Å². The number of hydrogen-bond acceptors (Lipinski definition) is 3. The van der Waals surface area contributed by atoms with Crippen molar-refractivity contribution in [3.8, 4) is 5.75 Å². The molecule has 1 unspecified atom stereocenters. The van der Waals surface area contributed by atoms with Gasteiger partial charge in [-0.05, 0) is 42.8 Å². The summed E-state index contributed by atoms with van der Waals surface area (Å²) in [6, 6.07) is 9.44. The van der Waals surface area contributed by atoms with Gasteiger partial charge in [0, 0.05) is 9.75 Å². The molecule has 0 fully saturated rings. The van der Waals surface area contributed by atoms with Gasteiger partial charge in [-0.3, -0.25) is 0 Å². The summed E-state index contributed by atoms with van der Waals surface area (Å²) in [7, 11) is 1.49. The van der Waals surface area contributed by atoms with E-state index < -0.39 is 0 Å². The Kier molecular flexibility index (Phi) is 5.15. The topological polar surface area (TPSA) is 21.3 Å². The van der Waals surface area contributed by atoms with Crippen molar-refractivity contribution in [1.29, 1.82) is 0 Å². The summed E-state index contributed by atoms with van der Waals surface area (Å²) < 4.78 is 18.6. The molecular weight excluding hydrogens is 273 g/mol. The highest BCUT2D eigenvalue weighted by molar-refractivity contribution is 7.12. The van der Waals surface area contributed by atoms with E-state index in [1.807, 2.05) is 6.07 Å². The Morgan fingerprint density at radius 1 is 1.25 bits per heavy atom. The van der Waals surface area contributed by atoms with Crippen molar-refractivity contribution in [2.45, 2.75) is 26.3 Å². The van der Waals surface area contributed by atoms with Gasteiger partial charge in [0.05, 0.1) is 13.2 Å². The number of aryl methyl sites for hydroxylation is 1. The molecular formula is C16H20FNOS. The van der Waals surface area contributed by atoms with Crippen LogP contribution in [0.15, 0.2) is 30.3 Å². The van der Waals surface area contributed by atoms with Crippen LogP contribution in [-0.4, -0.2) is 13.7 Å². The molecule has 1 aromatic carbocycles. The maximum absolute atomic E-state index is 13.5. The predicted octanol–water partition coefficient (Wildman–Crippen LogP) is 4.16. The summed E-state index contributed by atoms with van der Waals surface area (Å²) in [5.74, 6) is -0.0374. The van der Waals surface area contributed by atoms with Crippen molar-refractivity contribution in [3.63, 3.8) is 0 Å². The molecule has 0 radical (unpaired) electrons. The Labute approximate surface area is 123 Å². The largest absolute Gasteiger partial charge is 0.494 e. The van der Waals surface area contributed by atoms with Crippen LogP contribution in [-0.2, 0) is 6.42 Å². The molecule has 0 aliphatic rings. The van der Waals surface area contributed by atoms with E-state index >= 15 is 0 Å². The van der Waals surface area contributed by atoms with Gasteiger partial charge in [-0.1, -0.05) is 19.9 Å². The number of ether oxygens (including phenoxy) is 1. The molecule has 4 heteroatoms. The Hall–Kier alpha value is -1.39. The number of halogens is 1. The zero-order valence-corrected chi connectivity index (χ0v) is 12.9. The number of rotatable bonds is 6. The van der Waals surface area contributed by atoms with E-state index in [9.17, 15) is 4.39 Å². The Morgan fingerprint density at radius 3 is 2.65 bits per heavy atom. The molecule has 0 aliphatic carbocycles. The van der Waals surface area contributed by atoms with E-state index in [2.05, 4.69) is 31.3 Å². The SMILES string of the molecule is CCNC(c1ccc(F)c(OC)c1)c1ccc(CC)s1. The van der Waals surface area contributed by atoms with Crippen LogP contribution in [0, 0.1) is 5.82 Å². The molecule has 0 bridgehead atoms. The van der Waals surface area contributed by atoms with E-state index in [-0.39, 0.29) is 17.6 Å². The number of thiophene rings is 1. The van der Waals surface area contributed by atoms with Gasteiger partial charge in [-0.15, -0.1) is 11.3 Å². The smallest absolute Gasteiger partial charge is 0.165 e. The van der Waals surface area contributed by atoms with Crippen LogP contribution < -0.4 is 10.1 Å². The lowest BCUT2D eigenvalue weighted by atomic mass is 10.0. The monoisotopic (exact) mass is 293 g/mol. The second kappa shape index (κ2) is 6.86. The maximum Gasteiger partial charge on any atom is 0.165 e. The van der Waals surface area contributed by atoms with Crippen molar-refractivity contribution in [1.82, 2.24) is 5.32 Å². The first-order valence-corrected chi connectivity index (χ1v) is 7.66. The Bertz CT molecular complexity index is 567. The molecule has 2 rings (SSSR count). The second-order valence-electron chi connectivity index (χ2n) is 4.54. The normalized spacial score (nSPS) is 12.4. The number of hydrogen-bond donors (Lipinski definition) is 1. The van der Waals surface area contributed by atoms with Crippen molar-refractivity contribution in [3.05, 3.63) is 51.5 Å². The standard InChI is InChI=1S/C16H20FNOS/c1-4-12-7-9-15(20-12)16(18-5-2)11-6-8-13(17)14(10-11)19-3/h6-10,16,18H,4-5H2,1-3H3. The molecule has 2 nitrogen and oxygen atoms in total. The average Bonchev–Trinajstić information content (AvgIpc) is 2.94. The van der Waals surface area contributed by atoms with Crippen LogP contribution >= 0.6 is 11.3 Å². The van der Waals surface area contributed by atoms with Crippen molar-refractivity contribution in [2.24, 2.45) is 0 Å². The lowest BCUT2D eigenvalue weighted by Gasteiger charge is -2.18. The van der Waals surface area contributed by atoms with Gasteiger partial charge in [-0.2, -0.15) is 0 Å². The fourth-order valence-electron chi connectivity index (χ4n) is 2.18. The fraction of sp³-hybridized carbons (Fsp3) is 0.375. The lowest BCUT2D eigenvalue weighted by molar-refractivity contribution is 0.385. The van der Waals surface area contributed by atoms with Crippen LogP contribution in [0.5, 0.6) is 5.75 Å². The summed E-state index contributed by atoms with van der Waals surface area (Å²) in [6.45, 7) is 5.07. The number of benzene rings is 1. The van der Waals surface area contributed by atoms with E-state index in [0.717, 1.165) is 18.5 Å². The molecule has 0 saturated heterocycles. The summed E-state index contributed by atoms with van der Waals surface area (Å²) in [5, 5.41) is 3.46. The van der Waals surface area contributed by atoms with Crippen LogP contribution in [0.2, 0.25) is 0 Å². The quantitative estimate of drug-likeness (QED) is 0.863. The van der Waals surface area contributed by atoms with Crippen molar-refractivity contribution >= 4 is 11.3 Å². The first kappa shape index (κ1) is 15.0. The van der Waals surface area contributed by atoms with Crippen LogP contribution in [0.1, 0.15) is 35.2 Å². The third-order valence-electron chi connectivity index (χ3n) is 3.23. The van der Waals surface area contributed by atoms with E-state index in [1.54, 1.807) is 17.4 Å². The Morgan fingerprint density at radius 2 is 2.05 bits per heavy atom. The van der Waals surface area contributed by atoms with Crippen LogP contribution in [0.25, 0.3) is 0 Å². The van der Waals surface area contributed by atoms with Crippen LogP contribution in [0.3, 0.4) is 0 Å².